The summed E-state index contributed by atoms with van der Waals surface area (Å²) in [7, 11) is 4.14. The van der Waals surface area contributed by atoms with E-state index in [0.717, 1.165) is 23.8 Å². The molecule has 5 heteroatoms. The normalized spacial score (nSPS) is 13.5. The Labute approximate surface area is 89.3 Å². The Morgan fingerprint density at radius 2 is 2.21 bits per heavy atom. The lowest BCUT2D eigenvalue weighted by Gasteiger charge is -2.14. The van der Waals surface area contributed by atoms with E-state index in [1.165, 1.54) is 11.5 Å². The number of nitrogens with zero attached hydrogens (tertiary/aromatic N) is 3. The minimum Gasteiger partial charge on any atom is -0.330 e. The molecule has 0 radical (unpaired) electrons. The van der Waals surface area contributed by atoms with Crippen LogP contribution >= 0.6 is 11.5 Å². The molecule has 14 heavy (non-hydrogen) atoms. The summed E-state index contributed by atoms with van der Waals surface area (Å²) in [5.41, 5.74) is 5.72. The minimum absolute atomic E-state index is 0.364. The second-order valence-corrected chi connectivity index (χ2v) is 4.49. The third-order valence-corrected chi connectivity index (χ3v) is 3.07. The summed E-state index contributed by atoms with van der Waals surface area (Å²) in [6.45, 7) is 3.61. The summed E-state index contributed by atoms with van der Waals surface area (Å²) in [5, 5.41) is 1.08. The fourth-order valence-corrected chi connectivity index (χ4v) is 2.04. The number of aromatic nitrogens is 2. The Morgan fingerprint density at radius 1 is 1.50 bits per heavy atom. The van der Waals surface area contributed by atoms with Crippen molar-refractivity contribution in [2.75, 3.05) is 27.2 Å². The lowest BCUT2D eigenvalue weighted by Crippen LogP contribution is -2.20. The van der Waals surface area contributed by atoms with Crippen molar-refractivity contribution in [3.05, 3.63) is 10.8 Å². The van der Waals surface area contributed by atoms with E-state index in [0.29, 0.717) is 12.5 Å². The first kappa shape index (κ1) is 11.6. The fourth-order valence-electron chi connectivity index (χ4n) is 1.24. The summed E-state index contributed by atoms with van der Waals surface area (Å²) < 4.78 is 4.17. The van der Waals surface area contributed by atoms with E-state index in [9.17, 15) is 0 Å². The van der Waals surface area contributed by atoms with Crippen LogP contribution in [0.5, 0.6) is 0 Å². The van der Waals surface area contributed by atoms with Crippen molar-refractivity contribution < 1.29 is 0 Å². The van der Waals surface area contributed by atoms with Crippen LogP contribution in [0.25, 0.3) is 0 Å². The van der Waals surface area contributed by atoms with E-state index in [2.05, 4.69) is 28.4 Å². The topological polar surface area (TPSA) is 55.0 Å². The van der Waals surface area contributed by atoms with Crippen LogP contribution < -0.4 is 5.73 Å². The third kappa shape index (κ3) is 3.32. The molecule has 80 valence electrons. The average molecular weight is 214 g/mol. The van der Waals surface area contributed by atoms with Gasteiger partial charge in [0.25, 0.3) is 0 Å². The summed E-state index contributed by atoms with van der Waals surface area (Å²) in [5.74, 6) is 1.22. The number of rotatable bonds is 5. The van der Waals surface area contributed by atoms with Crippen LogP contribution in [0.4, 0.5) is 0 Å². The second-order valence-electron chi connectivity index (χ2n) is 3.70. The molecule has 0 fully saturated rings. The fraction of sp³-hybridized carbons (Fsp3) is 0.778. The van der Waals surface area contributed by atoms with Gasteiger partial charge in [0.05, 0.1) is 0 Å². The van der Waals surface area contributed by atoms with E-state index < -0.39 is 0 Å². The smallest absolute Gasteiger partial charge is 0.139 e. The SMILES string of the molecule is Cc1nsc(C(CN)CCN(C)C)n1. The standard InChI is InChI=1S/C9H18N4S/c1-7-11-9(14-12-7)8(6-10)4-5-13(2)3/h8H,4-6,10H2,1-3H3. The van der Waals surface area contributed by atoms with Crippen molar-refractivity contribution >= 4 is 11.5 Å². The minimum atomic E-state index is 0.364. The molecule has 1 heterocycles. The van der Waals surface area contributed by atoms with Crippen LogP contribution in [0, 0.1) is 6.92 Å². The van der Waals surface area contributed by atoms with Gasteiger partial charge in [0.1, 0.15) is 10.8 Å². The number of hydrogen-bond acceptors (Lipinski definition) is 5. The maximum Gasteiger partial charge on any atom is 0.139 e. The van der Waals surface area contributed by atoms with Crippen LogP contribution in [0.3, 0.4) is 0 Å². The Balaban J connectivity index is 2.54. The molecule has 1 aromatic rings. The lowest BCUT2D eigenvalue weighted by molar-refractivity contribution is 0.381. The molecule has 1 atom stereocenters. The highest BCUT2D eigenvalue weighted by Crippen LogP contribution is 2.20. The average Bonchev–Trinajstić information content (AvgIpc) is 2.53. The molecular weight excluding hydrogens is 196 g/mol. The second kappa shape index (κ2) is 5.38. The molecule has 0 bridgehead atoms. The lowest BCUT2D eigenvalue weighted by atomic mass is 10.1. The van der Waals surface area contributed by atoms with E-state index in [4.69, 9.17) is 5.73 Å². The first-order valence-corrected chi connectivity index (χ1v) is 5.55. The van der Waals surface area contributed by atoms with Crippen molar-refractivity contribution in [1.82, 2.24) is 14.3 Å². The van der Waals surface area contributed by atoms with Crippen LogP contribution in [0.1, 0.15) is 23.2 Å². The molecule has 0 aliphatic rings. The monoisotopic (exact) mass is 214 g/mol. The van der Waals surface area contributed by atoms with Gasteiger partial charge in [-0.1, -0.05) is 0 Å². The zero-order valence-corrected chi connectivity index (χ0v) is 9.84. The highest BCUT2D eigenvalue weighted by atomic mass is 32.1. The van der Waals surface area contributed by atoms with Crippen molar-refractivity contribution in [2.24, 2.45) is 5.73 Å². The van der Waals surface area contributed by atoms with Crippen molar-refractivity contribution in [2.45, 2.75) is 19.3 Å². The molecule has 2 N–H and O–H groups in total. The van der Waals surface area contributed by atoms with Crippen LogP contribution in [0.2, 0.25) is 0 Å². The summed E-state index contributed by atoms with van der Waals surface area (Å²) >= 11 is 1.47. The van der Waals surface area contributed by atoms with Gasteiger partial charge in [-0.15, -0.1) is 0 Å². The molecule has 0 amide bonds. The van der Waals surface area contributed by atoms with Crippen molar-refractivity contribution in [1.29, 1.82) is 0 Å². The molecule has 4 nitrogen and oxygen atoms in total. The van der Waals surface area contributed by atoms with Crippen molar-refractivity contribution in [3.63, 3.8) is 0 Å². The molecule has 1 aromatic heterocycles. The maximum absolute atomic E-state index is 5.72. The van der Waals surface area contributed by atoms with E-state index >= 15 is 0 Å². The molecule has 0 spiro atoms. The number of aryl methyl sites for hydroxylation is 1. The Morgan fingerprint density at radius 3 is 2.64 bits per heavy atom. The molecule has 0 saturated carbocycles. The Bertz CT molecular complexity index is 272. The van der Waals surface area contributed by atoms with Gasteiger partial charge in [-0.05, 0) is 45.5 Å². The molecule has 0 saturated heterocycles. The first-order chi connectivity index (χ1) is 6.63. The summed E-state index contributed by atoms with van der Waals surface area (Å²) in [6, 6.07) is 0. The van der Waals surface area contributed by atoms with Crippen LogP contribution in [-0.2, 0) is 0 Å². The zero-order valence-electron chi connectivity index (χ0n) is 9.03. The number of nitrogens with two attached hydrogens (primary N) is 1. The van der Waals surface area contributed by atoms with Gasteiger partial charge in [0.15, 0.2) is 0 Å². The van der Waals surface area contributed by atoms with Gasteiger partial charge >= 0.3 is 0 Å². The third-order valence-electron chi connectivity index (χ3n) is 2.10. The van der Waals surface area contributed by atoms with Crippen LogP contribution in [0.15, 0.2) is 0 Å². The van der Waals surface area contributed by atoms with Gasteiger partial charge in [-0.2, -0.15) is 4.37 Å². The molecule has 1 rings (SSSR count). The molecule has 0 aliphatic heterocycles. The largest absolute Gasteiger partial charge is 0.330 e. The van der Waals surface area contributed by atoms with Crippen molar-refractivity contribution in [3.8, 4) is 0 Å². The van der Waals surface area contributed by atoms with Gasteiger partial charge in [0, 0.05) is 12.5 Å². The highest BCUT2D eigenvalue weighted by Gasteiger charge is 2.14. The predicted octanol–water partition coefficient (Wildman–Crippen LogP) is 0.841. The van der Waals surface area contributed by atoms with Gasteiger partial charge in [0.2, 0.25) is 0 Å². The Kier molecular flexibility index (Phi) is 4.44. The highest BCUT2D eigenvalue weighted by molar-refractivity contribution is 7.05. The van der Waals surface area contributed by atoms with Gasteiger partial charge < -0.3 is 10.6 Å². The predicted molar refractivity (Wildman–Crippen MR) is 59.6 cm³/mol. The van der Waals surface area contributed by atoms with E-state index in [1.807, 2.05) is 6.92 Å². The molecule has 1 unspecified atom stereocenters. The van der Waals surface area contributed by atoms with E-state index in [1.54, 1.807) is 0 Å². The zero-order chi connectivity index (χ0) is 10.6. The quantitative estimate of drug-likeness (QED) is 0.789. The number of hydrogen-bond donors (Lipinski definition) is 1. The van der Waals surface area contributed by atoms with Gasteiger partial charge in [-0.3, -0.25) is 0 Å². The molecule has 0 aliphatic carbocycles. The van der Waals surface area contributed by atoms with Crippen LogP contribution in [-0.4, -0.2) is 41.4 Å². The van der Waals surface area contributed by atoms with Gasteiger partial charge in [-0.25, -0.2) is 4.98 Å². The summed E-state index contributed by atoms with van der Waals surface area (Å²) in [6.07, 6.45) is 1.05. The summed E-state index contributed by atoms with van der Waals surface area (Å²) in [4.78, 5) is 6.53. The van der Waals surface area contributed by atoms with E-state index in [-0.39, 0.29) is 0 Å². The Hall–Kier alpha value is -0.520. The first-order valence-electron chi connectivity index (χ1n) is 4.78. The molecule has 0 aromatic carbocycles. The maximum atomic E-state index is 5.72. The molecular formula is C9H18N4S.